The third kappa shape index (κ3) is 3.68. The van der Waals surface area contributed by atoms with Crippen LogP contribution in [0.25, 0.3) is 11.0 Å². The van der Waals surface area contributed by atoms with Gasteiger partial charge in [0.25, 0.3) is 0 Å². The summed E-state index contributed by atoms with van der Waals surface area (Å²) in [7, 11) is 0. The molecule has 0 aliphatic carbocycles. The second kappa shape index (κ2) is 6.65. The Balaban J connectivity index is 2.51. The molecule has 0 fully saturated rings. The first kappa shape index (κ1) is 16.1. The van der Waals surface area contributed by atoms with Gasteiger partial charge in [-0.05, 0) is 6.26 Å². The summed E-state index contributed by atoms with van der Waals surface area (Å²) in [5.41, 5.74) is 0.416. The molecule has 1 aromatic carbocycles. The maximum absolute atomic E-state index is 13.8. The van der Waals surface area contributed by atoms with Crippen LogP contribution in [0.3, 0.4) is 0 Å². The van der Waals surface area contributed by atoms with Gasteiger partial charge in [-0.3, -0.25) is 4.79 Å². The highest BCUT2D eigenvalue weighted by molar-refractivity contribution is 7.99. The van der Waals surface area contributed by atoms with Gasteiger partial charge in [-0.2, -0.15) is 11.8 Å². The van der Waals surface area contributed by atoms with E-state index in [2.05, 4.69) is 4.98 Å². The SMILES string of the molecule is CSC(C)Cn1c(SCC(=O)O)nc2c(F)cc(F)cc21. The summed E-state index contributed by atoms with van der Waals surface area (Å²) < 4.78 is 28.9. The number of hydrogen-bond acceptors (Lipinski definition) is 4. The lowest BCUT2D eigenvalue weighted by Gasteiger charge is -2.12. The highest BCUT2D eigenvalue weighted by atomic mass is 32.2. The third-order valence-corrected chi connectivity index (χ3v) is 4.82. The molecule has 1 atom stereocenters. The van der Waals surface area contributed by atoms with Crippen molar-refractivity contribution in [2.45, 2.75) is 23.9 Å². The Labute approximate surface area is 128 Å². The molecule has 0 spiro atoms. The number of aromatic nitrogens is 2. The molecule has 1 heterocycles. The number of benzene rings is 1. The van der Waals surface area contributed by atoms with Crippen molar-refractivity contribution in [3.63, 3.8) is 0 Å². The summed E-state index contributed by atoms with van der Waals surface area (Å²) in [6.07, 6.45) is 1.94. The van der Waals surface area contributed by atoms with E-state index in [-0.39, 0.29) is 16.5 Å². The first-order valence-corrected chi connectivity index (χ1v) is 8.42. The van der Waals surface area contributed by atoms with Crippen LogP contribution in [-0.2, 0) is 11.3 Å². The lowest BCUT2D eigenvalue weighted by atomic mass is 10.3. The van der Waals surface area contributed by atoms with Gasteiger partial charge in [0.2, 0.25) is 0 Å². The molecule has 0 saturated heterocycles. The predicted molar refractivity (Wildman–Crippen MR) is 81.0 cm³/mol. The van der Waals surface area contributed by atoms with Crippen LogP contribution in [0.5, 0.6) is 0 Å². The van der Waals surface area contributed by atoms with Crippen molar-refractivity contribution < 1.29 is 18.7 Å². The number of carbonyl (C=O) groups is 1. The Morgan fingerprint density at radius 1 is 1.48 bits per heavy atom. The van der Waals surface area contributed by atoms with Crippen LogP contribution in [0.15, 0.2) is 17.3 Å². The maximum Gasteiger partial charge on any atom is 0.313 e. The number of thioether (sulfide) groups is 2. The minimum Gasteiger partial charge on any atom is -0.481 e. The molecule has 8 heteroatoms. The van der Waals surface area contributed by atoms with Gasteiger partial charge in [0.1, 0.15) is 11.3 Å². The van der Waals surface area contributed by atoms with Gasteiger partial charge in [-0.1, -0.05) is 18.7 Å². The van der Waals surface area contributed by atoms with Crippen molar-refractivity contribution in [3.05, 3.63) is 23.8 Å². The second-order valence-electron chi connectivity index (χ2n) is 4.49. The fourth-order valence-electron chi connectivity index (χ4n) is 1.87. The molecule has 2 rings (SSSR count). The summed E-state index contributed by atoms with van der Waals surface area (Å²) in [5.74, 6) is -2.57. The summed E-state index contributed by atoms with van der Waals surface area (Å²) >= 11 is 2.61. The number of carboxylic acids is 1. The van der Waals surface area contributed by atoms with E-state index in [1.54, 1.807) is 16.3 Å². The number of halogens is 2. The van der Waals surface area contributed by atoms with E-state index in [1.807, 2.05) is 13.2 Å². The first-order valence-electron chi connectivity index (χ1n) is 6.15. The fourth-order valence-corrected chi connectivity index (χ4v) is 2.91. The Kier molecular flexibility index (Phi) is 5.10. The monoisotopic (exact) mass is 332 g/mol. The normalized spacial score (nSPS) is 12.8. The fraction of sp³-hybridized carbons (Fsp3) is 0.385. The first-order chi connectivity index (χ1) is 9.92. The zero-order valence-corrected chi connectivity index (χ0v) is 13.1. The summed E-state index contributed by atoms with van der Waals surface area (Å²) in [6, 6.07) is 2.01. The van der Waals surface area contributed by atoms with Crippen LogP contribution >= 0.6 is 23.5 Å². The van der Waals surface area contributed by atoms with Crippen LogP contribution in [0.2, 0.25) is 0 Å². The van der Waals surface area contributed by atoms with Crippen molar-refractivity contribution >= 4 is 40.5 Å². The number of aliphatic carboxylic acids is 1. The molecule has 114 valence electrons. The number of fused-ring (bicyclic) bond motifs is 1. The Bertz CT molecular complexity index is 676. The Morgan fingerprint density at radius 2 is 2.19 bits per heavy atom. The molecule has 0 saturated carbocycles. The molecule has 2 aromatic rings. The predicted octanol–water partition coefficient (Wildman–Crippen LogP) is 3.24. The van der Waals surface area contributed by atoms with Gasteiger partial charge in [0.05, 0.1) is 11.3 Å². The van der Waals surface area contributed by atoms with E-state index in [0.29, 0.717) is 17.2 Å². The smallest absolute Gasteiger partial charge is 0.313 e. The maximum atomic E-state index is 13.8. The zero-order chi connectivity index (χ0) is 15.6. The summed E-state index contributed by atoms with van der Waals surface area (Å²) in [5, 5.41) is 9.36. The average Bonchev–Trinajstić information content (AvgIpc) is 2.75. The second-order valence-corrected chi connectivity index (χ2v) is 6.71. The molecule has 0 aliphatic rings. The average molecular weight is 332 g/mol. The van der Waals surface area contributed by atoms with Crippen LogP contribution in [0, 0.1) is 11.6 Å². The van der Waals surface area contributed by atoms with Gasteiger partial charge in [-0.15, -0.1) is 0 Å². The van der Waals surface area contributed by atoms with Crippen molar-refractivity contribution in [2.75, 3.05) is 12.0 Å². The Morgan fingerprint density at radius 3 is 2.81 bits per heavy atom. The lowest BCUT2D eigenvalue weighted by Crippen LogP contribution is -2.11. The molecule has 0 amide bonds. The quantitative estimate of drug-likeness (QED) is 0.823. The van der Waals surface area contributed by atoms with Gasteiger partial charge in [0, 0.05) is 23.9 Å². The van der Waals surface area contributed by atoms with Crippen LogP contribution in [0.4, 0.5) is 8.78 Å². The molecule has 1 unspecified atom stereocenters. The van der Waals surface area contributed by atoms with Gasteiger partial charge >= 0.3 is 5.97 Å². The molecule has 1 N–H and O–H groups in total. The van der Waals surface area contributed by atoms with Crippen molar-refractivity contribution in [3.8, 4) is 0 Å². The van der Waals surface area contributed by atoms with Gasteiger partial charge in [0.15, 0.2) is 11.0 Å². The highest BCUT2D eigenvalue weighted by Gasteiger charge is 2.18. The molecule has 0 aliphatic heterocycles. The van der Waals surface area contributed by atoms with E-state index in [0.717, 1.165) is 17.8 Å². The molecule has 21 heavy (non-hydrogen) atoms. The molecular formula is C13H14F2N2O2S2. The van der Waals surface area contributed by atoms with Crippen molar-refractivity contribution in [1.82, 2.24) is 9.55 Å². The summed E-state index contributed by atoms with van der Waals surface area (Å²) in [6.45, 7) is 2.49. The number of imidazole rings is 1. The topological polar surface area (TPSA) is 55.1 Å². The van der Waals surface area contributed by atoms with Crippen molar-refractivity contribution in [2.24, 2.45) is 0 Å². The largest absolute Gasteiger partial charge is 0.481 e. The minimum absolute atomic E-state index is 0.0672. The summed E-state index contributed by atoms with van der Waals surface area (Å²) in [4.78, 5) is 14.8. The van der Waals surface area contributed by atoms with Crippen LogP contribution in [0.1, 0.15) is 6.92 Å². The number of nitrogens with zero attached hydrogens (tertiary/aromatic N) is 2. The molecule has 0 bridgehead atoms. The van der Waals surface area contributed by atoms with E-state index in [4.69, 9.17) is 5.11 Å². The number of carboxylic acid groups (broad SMARTS) is 1. The standard InChI is InChI=1S/C13H14F2N2O2S2/c1-7(20-2)5-17-10-4-8(14)3-9(15)12(10)16-13(17)21-6-11(18)19/h3-4,7H,5-6H2,1-2H3,(H,18,19). The third-order valence-electron chi connectivity index (χ3n) is 2.90. The van der Waals surface area contributed by atoms with E-state index < -0.39 is 17.6 Å². The molecule has 1 aromatic heterocycles. The lowest BCUT2D eigenvalue weighted by molar-refractivity contribution is -0.133. The molecule has 4 nitrogen and oxygen atoms in total. The van der Waals surface area contributed by atoms with E-state index in [1.165, 1.54) is 6.07 Å². The van der Waals surface area contributed by atoms with Gasteiger partial charge in [-0.25, -0.2) is 13.8 Å². The number of hydrogen-bond donors (Lipinski definition) is 1. The van der Waals surface area contributed by atoms with Gasteiger partial charge < -0.3 is 9.67 Å². The van der Waals surface area contributed by atoms with Crippen LogP contribution < -0.4 is 0 Å². The molecule has 0 radical (unpaired) electrons. The minimum atomic E-state index is -0.983. The van der Waals surface area contributed by atoms with Crippen LogP contribution in [-0.4, -0.2) is 37.9 Å². The van der Waals surface area contributed by atoms with E-state index in [9.17, 15) is 13.6 Å². The van der Waals surface area contributed by atoms with Crippen molar-refractivity contribution in [1.29, 1.82) is 0 Å². The molecular weight excluding hydrogens is 318 g/mol. The zero-order valence-electron chi connectivity index (χ0n) is 11.5. The highest BCUT2D eigenvalue weighted by Crippen LogP contribution is 2.28. The number of rotatable bonds is 6. The Hall–Kier alpha value is -1.28. The van der Waals surface area contributed by atoms with E-state index >= 15 is 0 Å².